The molecule has 0 aliphatic heterocycles. The van der Waals surface area contributed by atoms with Crippen molar-refractivity contribution in [1.29, 1.82) is 0 Å². The second-order valence-corrected chi connectivity index (χ2v) is 5.16. The molecule has 0 aliphatic rings. The third kappa shape index (κ3) is 5.23. The van der Waals surface area contributed by atoms with Gasteiger partial charge in [0.2, 0.25) is 0 Å². The Balaban J connectivity index is 1.77. The second kappa shape index (κ2) is 9.06. The first-order valence-corrected chi connectivity index (χ1v) is 7.66. The Morgan fingerprint density at radius 3 is 1.46 bits per heavy atom. The van der Waals surface area contributed by atoms with Gasteiger partial charge in [-0.05, 0) is 0 Å². The minimum absolute atomic E-state index is 0.0501. The number of nitro benzene ring substituents is 2. The van der Waals surface area contributed by atoms with Crippen LogP contribution in [0.1, 0.15) is 11.1 Å². The standard InChI is InChI=1S/C16H16N3O7/c20-17(21)15-7-3-1-5-13(15)9-11-25-19(24)26-12-10-14-6-2-4-8-16(14)18(22)23/h1-8H,9-12H2/q+1. The van der Waals surface area contributed by atoms with Gasteiger partial charge in [0.15, 0.2) is 13.2 Å². The SMILES string of the molecule is O=[N+](OCCc1ccccc1[N+](=O)[O-])OCCc1ccccc1[N+](=O)[O-]. The number of hydrogen-bond donors (Lipinski definition) is 0. The Morgan fingerprint density at radius 1 is 0.692 bits per heavy atom. The molecule has 2 aromatic rings. The zero-order valence-corrected chi connectivity index (χ0v) is 13.6. The van der Waals surface area contributed by atoms with Crippen LogP contribution in [0.15, 0.2) is 48.5 Å². The van der Waals surface area contributed by atoms with Crippen molar-refractivity contribution < 1.29 is 24.6 Å². The van der Waals surface area contributed by atoms with E-state index >= 15 is 0 Å². The predicted octanol–water partition coefficient (Wildman–Crippen LogP) is 2.93. The van der Waals surface area contributed by atoms with Gasteiger partial charge >= 0.3 is 5.09 Å². The Morgan fingerprint density at radius 2 is 1.08 bits per heavy atom. The van der Waals surface area contributed by atoms with Gasteiger partial charge in [0.25, 0.3) is 11.4 Å². The Labute approximate surface area is 147 Å². The molecule has 10 heteroatoms. The number of hydrogen-bond acceptors (Lipinski definition) is 7. The van der Waals surface area contributed by atoms with E-state index in [0.717, 1.165) is 0 Å². The molecule has 0 atom stereocenters. The fraction of sp³-hybridized carbons (Fsp3) is 0.250. The normalized spacial score (nSPS) is 10.2. The molecule has 2 rings (SSSR count). The van der Waals surface area contributed by atoms with Gasteiger partial charge in [-0.1, -0.05) is 36.4 Å². The molecule has 0 fully saturated rings. The van der Waals surface area contributed by atoms with Crippen molar-refractivity contribution in [2.24, 2.45) is 0 Å². The number of rotatable bonds is 10. The summed E-state index contributed by atoms with van der Waals surface area (Å²) in [7, 11) is 0. The van der Waals surface area contributed by atoms with E-state index in [4.69, 9.17) is 9.68 Å². The molecule has 26 heavy (non-hydrogen) atoms. The van der Waals surface area contributed by atoms with E-state index in [0.29, 0.717) is 11.1 Å². The first kappa shape index (κ1) is 18.8. The molecule has 10 nitrogen and oxygen atoms in total. The van der Waals surface area contributed by atoms with Crippen LogP contribution in [0.25, 0.3) is 0 Å². The van der Waals surface area contributed by atoms with Crippen molar-refractivity contribution in [3.8, 4) is 0 Å². The average molecular weight is 362 g/mol. The molecule has 0 unspecified atom stereocenters. The molecule has 0 aromatic heterocycles. The lowest BCUT2D eigenvalue weighted by Gasteiger charge is -2.01. The molecule has 0 heterocycles. The highest BCUT2D eigenvalue weighted by Gasteiger charge is 2.18. The molecule has 2 aromatic carbocycles. The predicted molar refractivity (Wildman–Crippen MR) is 89.1 cm³/mol. The van der Waals surface area contributed by atoms with Crippen LogP contribution in [0.3, 0.4) is 0 Å². The molecule has 0 aliphatic carbocycles. The fourth-order valence-electron chi connectivity index (χ4n) is 2.30. The molecule has 0 radical (unpaired) electrons. The summed E-state index contributed by atoms with van der Waals surface area (Å²) in [6, 6.07) is 12.3. The van der Waals surface area contributed by atoms with E-state index in [9.17, 15) is 25.1 Å². The third-order valence-corrected chi connectivity index (χ3v) is 3.51. The third-order valence-electron chi connectivity index (χ3n) is 3.51. The maximum Gasteiger partial charge on any atom is 0.477 e. The van der Waals surface area contributed by atoms with E-state index in [1.807, 2.05) is 0 Å². The highest BCUT2D eigenvalue weighted by Crippen LogP contribution is 2.19. The lowest BCUT2D eigenvalue weighted by atomic mass is 10.1. The quantitative estimate of drug-likeness (QED) is 0.470. The fourth-order valence-corrected chi connectivity index (χ4v) is 2.30. The van der Waals surface area contributed by atoms with Crippen molar-refractivity contribution in [1.82, 2.24) is 0 Å². The molecule has 0 N–H and O–H groups in total. The lowest BCUT2D eigenvalue weighted by Crippen LogP contribution is -2.15. The molecule has 0 bridgehead atoms. The van der Waals surface area contributed by atoms with Gasteiger partial charge in [-0.3, -0.25) is 20.2 Å². The van der Waals surface area contributed by atoms with E-state index in [1.165, 1.54) is 12.1 Å². The van der Waals surface area contributed by atoms with Crippen molar-refractivity contribution in [2.75, 3.05) is 13.2 Å². The van der Waals surface area contributed by atoms with Gasteiger partial charge < -0.3 is 0 Å². The zero-order chi connectivity index (χ0) is 18.9. The van der Waals surface area contributed by atoms with Crippen LogP contribution in [0.2, 0.25) is 0 Å². The minimum Gasteiger partial charge on any atom is -0.258 e. The van der Waals surface area contributed by atoms with Gasteiger partial charge in [0, 0.05) is 36.1 Å². The van der Waals surface area contributed by atoms with E-state index < -0.39 is 9.85 Å². The highest BCUT2D eigenvalue weighted by atomic mass is 17.0. The van der Waals surface area contributed by atoms with Crippen LogP contribution in [-0.2, 0) is 22.5 Å². The average Bonchev–Trinajstić information content (AvgIpc) is 2.62. The van der Waals surface area contributed by atoms with Crippen LogP contribution in [-0.4, -0.2) is 28.1 Å². The maximum atomic E-state index is 11.5. The maximum absolute atomic E-state index is 11.5. The van der Waals surface area contributed by atoms with Crippen LogP contribution in [0, 0.1) is 25.1 Å². The summed E-state index contributed by atoms with van der Waals surface area (Å²) >= 11 is 0. The molecule has 0 saturated carbocycles. The van der Waals surface area contributed by atoms with E-state index in [1.54, 1.807) is 36.4 Å². The van der Waals surface area contributed by atoms with Gasteiger partial charge in [0.05, 0.1) is 9.85 Å². The van der Waals surface area contributed by atoms with Crippen molar-refractivity contribution in [3.63, 3.8) is 0 Å². The first-order valence-electron chi connectivity index (χ1n) is 7.66. The van der Waals surface area contributed by atoms with Crippen molar-refractivity contribution >= 4 is 11.4 Å². The molecule has 0 saturated heterocycles. The summed E-state index contributed by atoms with van der Waals surface area (Å²) in [5.41, 5.74) is 0.772. The van der Waals surface area contributed by atoms with Crippen molar-refractivity contribution in [2.45, 2.75) is 12.8 Å². The van der Waals surface area contributed by atoms with Gasteiger partial charge in [-0.2, -0.15) is 9.68 Å². The van der Waals surface area contributed by atoms with Gasteiger partial charge in [0.1, 0.15) is 4.91 Å². The molecule has 136 valence electrons. The van der Waals surface area contributed by atoms with Crippen LogP contribution in [0.5, 0.6) is 0 Å². The van der Waals surface area contributed by atoms with E-state index in [-0.39, 0.29) is 42.5 Å². The Hall–Kier alpha value is -3.56. The Bertz CT molecular complexity index is 744. The summed E-state index contributed by atoms with van der Waals surface area (Å²) in [6.07, 6.45) is 0.312. The molecule has 0 amide bonds. The smallest absolute Gasteiger partial charge is 0.258 e. The number of para-hydroxylation sites is 2. The summed E-state index contributed by atoms with van der Waals surface area (Å²) in [6.45, 7) is -0.223. The van der Waals surface area contributed by atoms with Crippen LogP contribution >= 0.6 is 0 Å². The van der Waals surface area contributed by atoms with Gasteiger partial charge in [-0.25, -0.2) is 0 Å². The van der Waals surface area contributed by atoms with Gasteiger partial charge in [-0.15, -0.1) is 0 Å². The monoisotopic (exact) mass is 362 g/mol. The zero-order valence-electron chi connectivity index (χ0n) is 13.6. The first-order chi connectivity index (χ1) is 12.5. The van der Waals surface area contributed by atoms with E-state index in [2.05, 4.69) is 0 Å². The highest BCUT2D eigenvalue weighted by molar-refractivity contribution is 5.40. The second-order valence-electron chi connectivity index (χ2n) is 5.16. The topological polar surface area (TPSA) is 125 Å². The van der Waals surface area contributed by atoms with Crippen LogP contribution in [0.4, 0.5) is 11.4 Å². The minimum atomic E-state index is -0.506. The molecular formula is C16H16N3O7+. The van der Waals surface area contributed by atoms with Crippen molar-refractivity contribution in [3.05, 3.63) is 84.8 Å². The number of benzene rings is 2. The number of nitrogens with zero attached hydrogens (tertiary/aromatic N) is 3. The largest absolute Gasteiger partial charge is 0.477 e. The molecular weight excluding hydrogens is 346 g/mol. The lowest BCUT2D eigenvalue weighted by molar-refractivity contribution is -0.981. The molecule has 0 spiro atoms. The van der Waals surface area contributed by atoms with Crippen LogP contribution < -0.4 is 0 Å². The number of nitro groups is 2. The summed E-state index contributed by atoms with van der Waals surface area (Å²) in [5.74, 6) is 0. The summed E-state index contributed by atoms with van der Waals surface area (Å²) in [5, 5.41) is 21.7. The Kier molecular flexibility index (Phi) is 6.54. The summed E-state index contributed by atoms with van der Waals surface area (Å²) < 4.78 is 0. The summed E-state index contributed by atoms with van der Waals surface area (Å²) in [4.78, 5) is 41.8.